The van der Waals surface area contributed by atoms with Gasteiger partial charge < -0.3 is 9.15 Å². The number of halogens is 1. The molecule has 0 saturated heterocycles. The maximum absolute atomic E-state index is 12.6. The van der Waals surface area contributed by atoms with E-state index in [9.17, 15) is 9.59 Å². The molecule has 2 aromatic heterocycles. The van der Waals surface area contributed by atoms with Crippen molar-refractivity contribution in [1.82, 2.24) is 9.55 Å². The second kappa shape index (κ2) is 6.65. The predicted octanol–water partition coefficient (Wildman–Crippen LogP) is 3.54. The molecular weight excluding hydrogens is 356 g/mol. The zero-order chi connectivity index (χ0) is 18.1. The van der Waals surface area contributed by atoms with Crippen LogP contribution in [0.25, 0.3) is 22.1 Å². The summed E-state index contributed by atoms with van der Waals surface area (Å²) in [6.07, 6.45) is 1.33. The third-order valence-corrected chi connectivity index (χ3v) is 4.17. The van der Waals surface area contributed by atoms with Crippen LogP contribution in [0.1, 0.15) is 5.56 Å². The highest BCUT2D eigenvalue weighted by atomic mass is 35.5. The fraction of sp³-hybridized carbons (Fsp3) is 0.105. The van der Waals surface area contributed by atoms with E-state index in [2.05, 4.69) is 4.98 Å². The number of carbonyl (C=O) groups is 1. The highest BCUT2D eigenvalue weighted by molar-refractivity contribution is 6.30. The molecule has 0 N–H and O–H groups in total. The van der Waals surface area contributed by atoms with Gasteiger partial charge in [-0.3, -0.25) is 14.2 Å². The SMILES string of the molecule is O=C(Cn1cnc2c(oc3ccccc32)c1=O)OCc1cccc(Cl)c1. The maximum atomic E-state index is 12.6. The monoisotopic (exact) mass is 368 g/mol. The molecule has 26 heavy (non-hydrogen) atoms. The number of hydrogen-bond donors (Lipinski definition) is 0. The molecule has 0 bridgehead atoms. The number of hydrogen-bond acceptors (Lipinski definition) is 5. The largest absolute Gasteiger partial charge is 0.459 e. The van der Waals surface area contributed by atoms with E-state index in [1.807, 2.05) is 18.2 Å². The summed E-state index contributed by atoms with van der Waals surface area (Å²) in [4.78, 5) is 28.9. The zero-order valence-corrected chi connectivity index (χ0v) is 14.3. The molecule has 0 amide bonds. The van der Waals surface area contributed by atoms with Crippen molar-refractivity contribution in [3.8, 4) is 0 Å². The highest BCUT2D eigenvalue weighted by Gasteiger charge is 2.15. The molecule has 4 rings (SSSR count). The Morgan fingerprint density at radius 2 is 2.04 bits per heavy atom. The van der Waals surface area contributed by atoms with E-state index >= 15 is 0 Å². The number of benzene rings is 2. The van der Waals surface area contributed by atoms with Crippen LogP contribution in [-0.4, -0.2) is 15.5 Å². The molecule has 4 aromatic rings. The van der Waals surface area contributed by atoms with Crippen molar-refractivity contribution in [2.75, 3.05) is 0 Å². The molecule has 2 heterocycles. The Morgan fingerprint density at radius 3 is 2.88 bits per heavy atom. The molecule has 0 fully saturated rings. The van der Waals surface area contributed by atoms with Crippen LogP contribution >= 0.6 is 11.6 Å². The topological polar surface area (TPSA) is 74.3 Å². The van der Waals surface area contributed by atoms with Crippen LogP contribution in [0.15, 0.2) is 64.1 Å². The van der Waals surface area contributed by atoms with E-state index < -0.39 is 11.5 Å². The third kappa shape index (κ3) is 3.07. The normalized spacial score (nSPS) is 11.1. The predicted molar refractivity (Wildman–Crippen MR) is 97.0 cm³/mol. The van der Waals surface area contributed by atoms with Gasteiger partial charge in [0, 0.05) is 10.4 Å². The van der Waals surface area contributed by atoms with Gasteiger partial charge in [0.15, 0.2) is 0 Å². The standard InChI is InChI=1S/C19H13ClN2O4/c20-13-5-3-4-12(8-13)10-25-16(23)9-22-11-21-17-14-6-1-2-7-15(14)26-18(17)19(22)24/h1-8,11H,9-10H2. The molecule has 0 unspecified atom stereocenters. The van der Waals surface area contributed by atoms with Crippen molar-refractivity contribution in [1.29, 1.82) is 0 Å². The van der Waals surface area contributed by atoms with Crippen LogP contribution in [0.5, 0.6) is 0 Å². The third-order valence-electron chi connectivity index (χ3n) is 3.94. The zero-order valence-electron chi connectivity index (χ0n) is 13.5. The van der Waals surface area contributed by atoms with Crippen molar-refractivity contribution in [3.63, 3.8) is 0 Å². The number of carbonyl (C=O) groups excluding carboxylic acids is 1. The van der Waals surface area contributed by atoms with E-state index in [1.165, 1.54) is 10.9 Å². The second-order valence-electron chi connectivity index (χ2n) is 5.74. The fourth-order valence-corrected chi connectivity index (χ4v) is 2.92. The summed E-state index contributed by atoms with van der Waals surface area (Å²) in [5.41, 5.74) is 1.52. The van der Waals surface area contributed by atoms with Gasteiger partial charge in [-0.25, -0.2) is 4.98 Å². The Kier molecular flexibility index (Phi) is 4.18. The Balaban J connectivity index is 1.55. The molecule has 0 saturated carbocycles. The van der Waals surface area contributed by atoms with Crippen molar-refractivity contribution in [2.24, 2.45) is 0 Å². The Labute approximate surface area is 152 Å². The molecule has 0 atom stereocenters. The van der Waals surface area contributed by atoms with E-state index in [-0.39, 0.29) is 18.7 Å². The van der Waals surface area contributed by atoms with E-state index in [4.69, 9.17) is 20.8 Å². The molecule has 0 aliphatic heterocycles. The summed E-state index contributed by atoms with van der Waals surface area (Å²) < 4.78 is 12.0. The average molecular weight is 369 g/mol. The number of nitrogens with zero attached hydrogens (tertiary/aromatic N) is 2. The van der Waals surface area contributed by atoms with Gasteiger partial charge in [-0.1, -0.05) is 35.9 Å². The maximum Gasteiger partial charge on any atom is 0.326 e. The summed E-state index contributed by atoms with van der Waals surface area (Å²) in [7, 11) is 0. The van der Waals surface area contributed by atoms with E-state index in [1.54, 1.807) is 30.3 Å². The first-order chi connectivity index (χ1) is 12.6. The van der Waals surface area contributed by atoms with Crippen LogP contribution in [0.4, 0.5) is 0 Å². The lowest BCUT2D eigenvalue weighted by molar-refractivity contribution is -0.145. The first-order valence-electron chi connectivity index (χ1n) is 7.88. The summed E-state index contributed by atoms with van der Waals surface area (Å²) in [6, 6.07) is 14.3. The smallest absolute Gasteiger partial charge is 0.326 e. The van der Waals surface area contributed by atoms with Gasteiger partial charge in [-0.2, -0.15) is 0 Å². The average Bonchev–Trinajstić information content (AvgIpc) is 3.02. The van der Waals surface area contributed by atoms with Gasteiger partial charge in [0.1, 0.15) is 24.3 Å². The van der Waals surface area contributed by atoms with Gasteiger partial charge in [0.2, 0.25) is 5.58 Å². The number of rotatable bonds is 4. The molecular formula is C19H13ClN2O4. The van der Waals surface area contributed by atoms with Gasteiger partial charge in [-0.15, -0.1) is 0 Å². The quantitative estimate of drug-likeness (QED) is 0.515. The van der Waals surface area contributed by atoms with Gasteiger partial charge in [0.05, 0.1) is 6.33 Å². The van der Waals surface area contributed by atoms with Crippen LogP contribution in [-0.2, 0) is 22.7 Å². The first-order valence-corrected chi connectivity index (χ1v) is 8.26. The lowest BCUT2D eigenvalue weighted by atomic mass is 10.2. The number of para-hydroxylation sites is 1. The minimum Gasteiger partial charge on any atom is -0.459 e. The second-order valence-corrected chi connectivity index (χ2v) is 6.18. The minimum absolute atomic E-state index is 0.0778. The summed E-state index contributed by atoms with van der Waals surface area (Å²) >= 11 is 5.90. The Bertz CT molecular complexity index is 1180. The van der Waals surface area contributed by atoms with Gasteiger partial charge in [0.25, 0.3) is 5.56 Å². The lowest BCUT2D eigenvalue weighted by Gasteiger charge is -2.07. The molecule has 130 valence electrons. The fourth-order valence-electron chi connectivity index (χ4n) is 2.70. The van der Waals surface area contributed by atoms with E-state index in [0.717, 1.165) is 10.9 Å². The number of furan rings is 1. The molecule has 0 spiro atoms. The van der Waals surface area contributed by atoms with Crippen LogP contribution in [0.3, 0.4) is 0 Å². The highest BCUT2D eigenvalue weighted by Crippen LogP contribution is 2.24. The Hall–Kier alpha value is -3.12. The number of esters is 1. The molecule has 0 aliphatic rings. The van der Waals surface area contributed by atoms with E-state index in [0.29, 0.717) is 16.1 Å². The van der Waals surface area contributed by atoms with Crippen molar-refractivity contribution < 1.29 is 13.9 Å². The number of ether oxygens (including phenoxy) is 1. The minimum atomic E-state index is -0.552. The van der Waals surface area contributed by atoms with Gasteiger partial charge >= 0.3 is 5.97 Å². The lowest BCUT2D eigenvalue weighted by Crippen LogP contribution is -2.25. The van der Waals surface area contributed by atoms with Crippen molar-refractivity contribution >= 4 is 39.6 Å². The van der Waals surface area contributed by atoms with Crippen LogP contribution in [0, 0.1) is 0 Å². The summed E-state index contributed by atoms with van der Waals surface area (Å²) in [6.45, 7) is -0.173. The summed E-state index contributed by atoms with van der Waals surface area (Å²) in [5.74, 6) is -0.552. The molecule has 2 aromatic carbocycles. The molecule has 0 radical (unpaired) electrons. The first kappa shape index (κ1) is 16.4. The van der Waals surface area contributed by atoms with Crippen molar-refractivity contribution in [3.05, 3.63) is 75.8 Å². The van der Waals surface area contributed by atoms with Crippen molar-refractivity contribution in [2.45, 2.75) is 13.2 Å². The molecule has 7 heteroatoms. The molecule has 0 aliphatic carbocycles. The Morgan fingerprint density at radius 1 is 1.19 bits per heavy atom. The number of fused-ring (bicyclic) bond motifs is 3. The molecule has 6 nitrogen and oxygen atoms in total. The van der Waals surface area contributed by atoms with Crippen LogP contribution < -0.4 is 5.56 Å². The summed E-state index contributed by atoms with van der Waals surface area (Å²) in [5, 5.41) is 1.32. The van der Waals surface area contributed by atoms with Crippen LogP contribution in [0.2, 0.25) is 5.02 Å². The number of aromatic nitrogens is 2. The van der Waals surface area contributed by atoms with Gasteiger partial charge in [-0.05, 0) is 29.8 Å².